The van der Waals surface area contributed by atoms with E-state index in [1.165, 1.54) is 0 Å². The minimum absolute atomic E-state index is 0. The number of unbranched alkanes of at least 4 members (excludes halogenated alkanes) is 1. The number of hydrogen-bond donors (Lipinski definition) is 2. The normalized spacial score (nSPS) is 16.5. The quantitative estimate of drug-likeness (QED) is 0.197. The SMILES string of the molecule is CCCCOc1ncccc1CNC(=NC)NCCCOCC1CCOC1.I. The van der Waals surface area contributed by atoms with Gasteiger partial charge in [-0.1, -0.05) is 19.4 Å². The first-order chi connectivity index (χ1) is 13.3. The van der Waals surface area contributed by atoms with Crippen molar-refractivity contribution in [2.75, 3.05) is 46.6 Å². The molecule has 1 aliphatic heterocycles. The molecular formula is C20H35IN4O3. The highest BCUT2D eigenvalue weighted by atomic mass is 127. The standard InChI is InChI=1S/C20H34N4O3.HI/c1-3-4-12-27-19-18(7-5-9-22-19)14-24-20(21-2)23-10-6-11-25-15-17-8-13-26-16-17;/h5,7,9,17H,3-4,6,8,10-16H2,1-2H3,(H2,21,23,24);1H. The van der Waals surface area contributed by atoms with Gasteiger partial charge in [0.25, 0.3) is 0 Å². The lowest BCUT2D eigenvalue weighted by Gasteiger charge is -2.14. The van der Waals surface area contributed by atoms with E-state index in [9.17, 15) is 0 Å². The zero-order valence-corrected chi connectivity index (χ0v) is 19.4. The Morgan fingerprint density at radius 1 is 1.32 bits per heavy atom. The van der Waals surface area contributed by atoms with Gasteiger partial charge in [-0.15, -0.1) is 24.0 Å². The fourth-order valence-corrected chi connectivity index (χ4v) is 2.75. The lowest BCUT2D eigenvalue weighted by molar-refractivity contribution is 0.0888. The maximum absolute atomic E-state index is 5.77. The van der Waals surface area contributed by atoms with Crippen LogP contribution in [0.1, 0.15) is 38.2 Å². The molecule has 7 nitrogen and oxygen atoms in total. The highest BCUT2D eigenvalue weighted by Gasteiger charge is 2.15. The van der Waals surface area contributed by atoms with E-state index in [2.05, 4.69) is 27.5 Å². The Hall–Kier alpha value is -1.13. The van der Waals surface area contributed by atoms with E-state index in [1.807, 2.05) is 12.1 Å². The fraction of sp³-hybridized carbons (Fsp3) is 0.700. The molecule has 0 bridgehead atoms. The van der Waals surface area contributed by atoms with E-state index in [1.54, 1.807) is 13.2 Å². The van der Waals surface area contributed by atoms with Crippen molar-refractivity contribution in [1.82, 2.24) is 15.6 Å². The van der Waals surface area contributed by atoms with E-state index < -0.39 is 0 Å². The Morgan fingerprint density at radius 2 is 2.21 bits per heavy atom. The van der Waals surface area contributed by atoms with Gasteiger partial charge in [-0.2, -0.15) is 0 Å². The Morgan fingerprint density at radius 3 is 2.96 bits per heavy atom. The molecule has 1 aliphatic rings. The molecule has 0 amide bonds. The van der Waals surface area contributed by atoms with E-state index in [0.717, 1.165) is 70.2 Å². The predicted octanol–water partition coefficient (Wildman–Crippen LogP) is 2.99. The van der Waals surface area contributed by atoms with Crippen molar-refractivity contribution in [2.45, 2.75) is 39.2 Å². The summed E-state index contributed by atoms with van der Waals surface area (Å²) >= 11 is 0. The molecule has 1 fully saturated rings. The number of nitrogens with zero attached hydrogens (tertiary/aromatic N) is 2. The molecule has 0 saturated carbocycles. The van der Waals surface area contributed by atoms with E-state index in [-0.39, 0.29) is 24.0 Å². The number of halogens is 1. The molecule has 1 unspecified atom stereocenters. The van der Waals surface area contributed by atoms with Crippen LogP contribution in [-0.2, 0) is 16.0 Å². The van der Waals surface area contributed by atoms with Crippen molar-refractivity contribution in [1.29, 1.82) is 0 Å². The van der Waals surface area contributed by atoms with Crippen LogP contribution in [0, 0.1) is 5.92 Å². The zero-order valence-electron chi connectivity index (χ0n) is 17.1. The molecule has 2 heterocycles. The minimum atomic E-state index is 0. The maximum atomic E-state index is 5.77. The number of hydrogen-bond acceptors (Lipinski definition) is 5. The Bertz CT molecular complexity index is 554. The van der Waals surface area contributed by atoms with Gasteiger partial charge in [-0.3, -0.25) is 4.99 Å². The average Bonchev–Trinajstić information content (AvgIpc) is 3.21. The lowest BCUT2D eigenvalue weighted by Crippen LogP contribution is -2.37. The summed E-state index contributed by atoms with van der Waals surface area (Å²) in [6.45, 7) is 7.54. The monoisotopic (exact) mass is 506 g/mol. The van der Waals surface area contributed by atoms with Crippen molar-refractivity contribution in [3.63, 3.8) is 0 Å². The highest BCUT2D eigenvalue weighted by molar-refractivity contribution is 14.0. The van der Waals surface area contributed by atoms with Crippen LogP contribution in [0.15, 0.2) is 23.3 Å². The number of guanidine groups is 1. The van der Waals surface area contributed by atoms with Crippen molar-refractivity contribution >= 4 is 29.9 Å². The van der Waals surface area contributed by atoms with Crippen LogP contribution in [-0.4, -0.2) is 57.6 Å². The summed E-state index contributed by atoms with van der Waals surface area (Å²) in [5.74, 6) is 2.03. The zero-order chi connectivity index (χ0) is 19.2. The predicted molar refractivity (Wildman–Crippen MR) is 123 cm³/mol. The second kappa shape index (κ2) is 15.8. The van der Waals surface area contributed by atoms with Gasteiger partial charge in [0.1, 0.15) is 0 Å². The lowest BCUT2D eigenvalue weighted by atomic mass is 10.1. The summed E-state index contributed by atoms with van der Waals surface area (Å²) in [7, 11) is 1.77. The highest BCUT2D eigenvalue weighted by Crippen LogP contribution is 2.14. The van der Waals surface area contributed by atoms with E-state index >= 15 is 0 Å². The first-order valence-corrected chi connectivity index (χ1v) is 10.00. The third-order valence-corrected chi connectivity index (χ3v) is 4.39. The van der Waals surface area contributed by atoms with Crippen LogP contribution in [0.25, 0.3) is 0 Å². The van der Waals surface area contributed by atoms with Gasteiger partial charge in [0.2, 0.25) is 5.88 Å². The van der Waals surface area contributed by atoms with Gasteiger partial charge in [-0.05, 0) is 25.3 Å². The Balaban J connectivity index is 0.00000392. The summed E-state index contributed by atoms with van der Waals surface area (Å²) < 4.78 is 16.8. The number of nitrogens with one attached hydrogen (secondary N) is 2. The molecule has 2 rings (SSSR count). The van der Waals surface area contributed by atoms with E-state index in [0.29, 0.717) is 24.9 Å². The molecule has 160 valence electrons. The second-order valence-corrected chi connectivity index (χ2v) is 6.68. The molecule has 8 heteroatoms. The van der Waals surface area contributed by atoms with Crippen LogP contribution in [0.2, 0.25) is 0 Å². The first-order valence-electron chi connectivity index (χ1n) is 10.00. The fourth-order valence-electron chi connectivity index (χ4n) is 2.75. The van der Waals surface area contributed by atoms with Crippen LogP contribution >= 0.6 is 24.0 Å². The van der Waals surface area contributed by atoms with Crippen LogP contribution in [0.5, 0.6) is 5.88 Å². The number of pyridine rings is 1. The molecule has 0 aromatic carbocycles. The Labute approximate surface area is 186 Å². The van der Waals surface area contributed by atoms with E-state index in [4.69, 9.17) is 14.2 Å². The van der Waals surface area contributed by atoms with Gasteiger partial charge in [0.05, 0.1) is 19.8 Å². The summed E-state index contributed by atoms with van der Waals surface area (Å²) in [4.78, 5) is 8.60. The van der Waals surface area contributed by atoms with Gasteiger partial charge < -0.3 is 24.8 Å². The molecule has 1 atom stereocenters. The van der Waals surface area contributed by atoms with Crippen LogP contribution < -0.4 is 15.4 Å². The number of aromatic nitrogens is 1. The minimum Gasteiger partial charge on any atom is -0.477 e. The van der Waals surface area contributed by atoms with Gasteiger partial charge in [0, 0.05) is 51.0 Å². The molecule has 1 saturated heterocycles. The maximum Gasteiger partial charge on any atom is 0.218 e. The first kappa shape index (κ1) is 24.9. The number of ether oxygens (including phenoxy) is 3. The molecule has 0 radical (unpaired) electrons. The molecule has 1 aromatic heterocycles. The molecular weight excluding hydrogens is 471 g/mol. The number of rotatable bonds is 12. The molecule has 0 spiro atoms. The molecule has 28 heavy (non-hydrogen) atoms. The van der Waals surface area contributed by atoms with Crippen LogP contribution in [0.4, 0.5) is 0 Å². The average molecular weight is 506 g/mol. The third kappa shape index (κ3) is 9.88. The summed E-state index contributed by atoms with van der Waals surface area (Å²) in [5.41, 5.74) is 1.03. The van der Waals surface area contributed by atoms with Crippen molar-refractivity contribution in [3.05, 3.63) is 23.9 Å². The van der Waals surface area contributed by atoms with Crippen molar-refractivity contribution < 1.29 is 14.2 Å². The second-order valence-electron chi connectivity index (χ2n) is 6.68. The summed E-state index contributed by atoms with van der Waals surface area (Å²) in [6, 6.07) is 3.95. The number of aliphatic imine (C=N–C) groups is 1. The van der Waals surface area contributed by atoms with Gasteiger partial charge in [0.15, 0.2) is 5.96 Å². The van der Waals surface area contributed by atoms with Gasteiger partial charge >= 0.3 is 0 Å². The summed E-state index contributed by atoms with van der Waals surface area (Å²) in [6.07, 6.45) is 5.95. The summed E-state index contributed by atoms with van der Waals surface area (Å²) in [5, 5.41) is 6.63. The Kier molecular flexibility index (Phi) is 14.0. The smallest absolute Gasteiger partial charge is 0.218 e. The third-order valence-electron chi connectivity index (χ3n) is 4.39. The van der Waals surface area contributed by atoms with Crippen molar-refractivity contribution in [3.8, 4) is 5.88 Å². The molecule has 2 N–H and O–H groups in total. The van der Waals surface area contributed by atoms with Crippen molar-refractivity contribution in [2.24, 2.45) is 10.9 Å². The molecule has 1 aromatic rings. The molecule has 0 aliphatic carbocycles. The topological polar surface area (TPSA) is 77.0 Å². The van der Waals surface area contributed by atoms with Crippen LogP contribution in [0.3, 0.4) is 0 Å². The van der Waals surface area contributed by atoms with Gasteiger partial charge in [-0.25, -0.2) is 4.98 Å². The largest absolute Gasteiger partial charge is 0.477 e.